The Hall–Kier alpha value is -1.49. The zero-order valence-electron chi connectivity index (χ0n) is 8.73. The van der Waals surface area contributed by atoms with Crippen molar-refractivity contribution in [2.75, 3.05) is 0 Å². The van der Waals surface area contributed by atoms with Crippen molar-refractivity contribution in [3.8, 4) is 0 Å². The molecule has 5 heteroatoms. The first-order chi connectivity index (χ1) is 7.59. The number of benzene rings is 1. The predicted octanol–water partition coefficient (Wildman–Crippen LogP) is 2.53. The van der Waals surface area contributed by atoms with Crippen LogP contribution in [0.1, 0.15) is 30.9 Å². The summed E-state index contributed by atoms with van der Waals surface area (Å²) < 4.78 is 12.9. The van der Waals surface area contributed by atoms with Gasteiger partial charge < -0.3 is 5.73 Å². The maximum absolute atomic E-state index is 12.9. The zero-order chi connectivity index (χ0) is 11.7. The van der Waals surface area contributed by atoms with Crippen LogP contribution in [0.2, 0.25) is 0 Å². The molecule has 0 unspecified atom stereocenters. The highest BCUT2D eigenvalue weighted by molar-refractivity contribution is 5.42. The molecule has 2 rings (SSSR count). The van der Waals surface area contributed by atoms with Crippen LogP contribution in [-0.2, 0) is 0 Å². The molecule has 16 heavy (non-hydrogen) atoms. The summed E-state index contributed by atoms with van der Waals surface area (Å²) in [6, 6.07) is 3.24. The van der Waals surface area contributed by atoms with E-state index in [-0.39, 0.29) is 11.7 Å². The first-order valence-electron chi connectivity index (χ1n) is 5.29. The lowest BCUT2D eigenvalue weighted by atomic mass is 9.77. The Morgan fingerprint density at radius 3 is 2.69 bits per heavy atom. The van der Waals surface area contributed by atoms with Crippen LogP contribution in [0.15, 0.2) is 18.2 Å². The summed E-state index contributed by atoms with van der Waals surface area (Å²) in [6.45, 7) is 0. The van der Waals surface area contributed by atoms with Gasteiger partial charge in [-0.3, -0.25) is 10.1 Å². The van der Waals surface area contributed by atoms with Gasteiger partial charge in [-0.05, 0) is 30.9 Å². The average molecular weight is 224 g/mol. The van der Waals surface area contributed by atoms with Gasteiger partial charge in [0.2, 0.25) is 0 Å². The Morgan fingerprint density at radius 2 is 2.19 bits per heavy atom. The number of nitrogens with two attached hydrogens (primary N) is 1. The molecule has 86 valence electrons. The number of hydrogen-bond donors (Lipinski definition) is 1. The first kappa shape index (κ1) is 11.0. The van der Waals surface area contributed by atoms with Gasteiger partial charge in [-0.15, -0.1) is 0 Å². The van der Waals surface area contributed by atoms with Gasteiger partial charge in [0.1, 0.15) is 5.82 Å². The maximum atomic E-state index is 12.9. The van der Waals surface area contributed by atoms with Crippen molar-refractivity contribution >= 4 is 5.69 Å². The minimum atomic E-state index is -0.601. The van der Waals surface area contributed by atoms with Crippen LogP contribution < -0.4 is 5.73 Å². The molecule has 1 saturated carbocycles. The maximum Gasteiger partial charge on any atom is 0.277 e. The second-order valence-electron chi connectivity index (χ2n) is 4.18. The van der Waals surface area contributed by atoms with Crippen molar-refractivity contribution in [1.29, 1.82) is 0 Å². The van der Waals surface area contributed by atoms with E-state index >= 15 is 0 Å². The third kappa shape index (κ3) is 1.90. The summed E-state index contributed by atoms with van der Waals surface area (Å²) in [5, 5.41) is 10.8. The molecule has 0 spiro atoms. The van der Waals surface area contributed by atoms with E-state index in [1.165, 1.54) is 12.1 Å². The molecule has 1 aromatic carbocycles. The fourth-order valence-corrected chi connectivity index (χ4v) is 2.01. The molecule has 0 radical (unpaired) electrons. The summed E-state index contributed by atoms with van der Waals surface area (Å²) >= 11 is 0. The smallest absolute Gasteiger partial charge is 0.277 e. The Kier molecular flexibility index (Phi) is 2.87. The number of nitrogens with zero attached hydrogens (tertiary/aromatic N) is 1. The van der Waals surface area contributed by atoms with Gasteiger partial charge in [-0.1, -0.05) is 6.42 Å². The van der Waals surface area contributed by atoms with E-state index in [4.69, 9.17) is 5.73 Å². The normalized spacial score (nSPS) is 17.9. The van der Waals surface area contributed by atoms with Gasteiger partial charge in [0.05, 0.1) is 11.0 Å². The van der Waals surface area contributed by atoms with Gasteiger partial charge >= 0.3 is 0 Å². The third-order valence-electron chi connectivity index (χ3n) is 3.21. The van der Waals surface area contributed by atoms with Crippen LogP contribution in [-0.4, -0.2) is 4.92 Å². The summed E-state index contributed by atoms with van der Waals surface area (Å²) in [6.07, 6.45) is 3.11. The van der Waals surface area contributed by atoms with E-state index in [9.17, 15) is 14.5 Å². The van der Waals surface area contributed by atoms with E-state index in [0.717, 1.165) is 25.3 Å². The van der Waals surface area contributed by atoms with Crippen molar-refractivity contribution < 1.29 is 9.31 Å². The van der Waals surface area contributed by atoms with Gasteiger partial charge in [-0.25, -0.2) is 4.39 Å². The Bertz CT molecular complexity index is 418. The predicted molar refractivity (Wildman–Crippen MR) is 57.3 cm³/mol. The number of rotatable bonds is 3. The SMILES string of the molecule is N[C@H](c1ccc(F)cc1[N+](=O)[O-])C1CCC1. The van der Waals surface area contributed by atoms with Crippen LogP contribution in [0.5, 0.6) is 0 Å². The minimum Gasteiger partial charge on any atom is -0.324 e. The molecule has 1 aliphatic rings. The lowest BCUT2D eigenvalue weighted by Gasteiger charge is -2.31. The second-order valence-corrected chi connectivity index (χ2v) is 4.18. The molecular weight excluding hydrogens is 211 g/mol. The van der Waals surface area contributed by atoms with E-state index in [0.29, 0.717) is 11.5 Å². The van der Waals surface area contributed by atoms with Crippen molar-refractivity contribution in [2.45, 2.75) is 25.3 Å². The van der Waals surface area contributed by atoms with Gasteiger partial charge in [0.15, 0.2) is 0 Å². The van der Waals surface area contributed by atoms with Crippen molar-refractivity contribution in [2.24, 2.45) is 11.7 Å². The highest BCUT2D eigenvalue weighted by Crippen LogP contribution is 2.39. The molecule has 0 bridgehead atoms. The van der Waals surface area contributed by atoms with E-state index < -0.39 is 10.7 Å². The molecule has 1 aliphatic carbocycles. The Labute approximate surface area is 92.4 Å². The van der Waals surface area contributed by atoms with Crippen LogP contribution in [0.4, 0.5) is 10.1 Å². The van der Waals surface area contributed by atoms with E-state index in [2.05, 4.69) is 0 Å². The van der Waals surface area contributed by atoms with Gasteiger partial charge in [0, 0.05) is 11.6 Å². The number of hydrogen-bond acceptors (Lipinski definition) is 3. The Morgan fingerprint density at radius 1 is 1.50 bits per heavy atom. The number of nitro benzene ring substituents is 1. The first-order valence-corrected chi connectivity index (χ1v) is 5.29. The quantitative estimate of drug-likeness (QED) is 0.633. The highest BCUT2D eigenvalue weighted by atomic mass is 19.1. The monoisotopic (exact) mass is 224 g/mol. The molecule has 1 fully saturated rings. The molecule has 0 aromatic heterocycles. The average Bonchev–Trinajstić information content (AvgIpc) is 2.14. The molecule has 2 N–H and O–H groups in total. The standard InChI is InChI=1S/C11H13FN2O2/c12-8-4-5-9(10(6-8)14(15)16)11(13)7-2-1-3-7/h4-7,11H,1-3,13H2/t11-/m0/s1. The van der Waals surface area contributed by atoms with E-state index in [1.54, 1.807) is 0 Å². The lowest BCUT2D eigenvalue weighted by molar-refractivity contribution is -0.386. The molecule has 0 aliphatic heterocycles. The third-order valence-corrected chi connectivity index (χ3v) is 3.21. The topological polar surface area (TPSA) is 69.2 Å². The largest absolute Gasteiger partial charge is 0.324 e. The molecule has 0 amide bonds. The van der Waals surface area contributed by atoms with Gasteiger partial charge in [-0.2, -0.15) is 0 Å². The second kappa shape index (κ2) is 4.17. The highest BCUT2D eigenvalue weighted by Gasteiger charge is 2.30. The summed E-state index contributed by atoms with van der Waals surface area (Å²) in [5.41, 5.74) is 6.19. The summed E-state index contributed by atoms with van der Waals surface area (Å²) in [4.78, 5) is 10.2. The molecular formula is C11H13FN2O2. The Balaban J connectivity index is 2.34. The van der Waals surface area contributed by atoms with Crippen LogP contribution in [0.25, 0.3) is 0 Å². The minimum absolute atomic E-state index is 0.209. The molecule has 4 nitrogen and oxygen atoms in total. The molecule has 1 atom stereocenters. The van der Waals surface area contributed by atoms with Crippen molar-refractivity contribution in [1.82, 2.24) is 0 Å². The zero-order valence-corrected chi connectivity index (χ0v) is 8.73. The molecule has 0 saturated heterocycles. The number of halogens is 1. The molecule has 0 heterocycles. The lowest BCUT2D eigenvalue weighted by Crippen LogP contribution is -2.27. The molecule has 1 aromatic rings. The van der Waals surface area contributed by atoms with Crippen LogP contribution in [0, 0.1) is 21.8 Å². The van der Waals surface area contributed by atoms with Crippen LogP contribution in [0.3, 0.4) is 0 Å². The fraction of sp³-hybridized carbons (Fsp3) is 0.455. The van der Waals surface area contributed by atoms with E-state index in [1.807, 2.05) is 0 Å². The number of nitro groups is 1. The van der Waals surface area contributed by atoms with Crippen LogP contribution >= 0.6 is 0 Å². The fourth-order valence-electron chi connectivity index (χ4n) is 2.01. The van der Waals surface area contributed by atoms with Crippen molar-refractivity contribution in [3.63, 3.8) is 0 Å². The van der Waals surface area contributed by atoms with Crippen molar-refractivity contribution in [3.05, 3.63) is 39.7 Å². The summed E-state index contributed by atoms with van der Waals surface area (Å²) in [7, 11) is 0. The summed E-state index contributed by atoms with van der Waals surface area (Å²) in [5.74, 6) is -0.305. The van der Waals surface area contributed by atoms with Gasteiger partial charge in [0.25, 0.3) is 5.69 Å².